The van der Waals surface area contributed by atoms with E-state index < -0.39 is 8.32 Å². The maximum absolute atomic E-state index is 12.9. The molecule has 0 aliphatic carbocycles. The lowest BCUT2D eigenvalue weighted by atomic mass is 10.1. The van der Waals surface area contributed by atoms with Gasteiger partial charge in [0, 0.05) is 12.5 Å². The number of phenols is 1. The Morgan fingerprint density at radius 2 is 1.06 bits per heavy atom. The third kappa shape index (κ3) is 16.1. The molecule has 0 aromatic heterocycles. The van der Waals surface area contributed by atoms with E-state index in [0.29, 0.717) is 35.2 Å². The molecule has 0 aliphatic rings. The molecule has 0 spiro atoms. The molecule has 0 unspecified atom stereocenters. The second-order valence-electron chi connectivity index (χ2n) is 13.5. The van der Waals surface area contributed by atoms with Crippen LogP contribution in [0.1, 0.15) is 111 Å². The summed E-state index contributed by atoms with van der Waals surface area (Å²) in [6.45, 7) is 15.7. The third-order valence-electron chi connectivity index (χ3n) is 8.61. The standard InChI is InChI=1S/C45H62O4Si/c1-8-9-10-11-12-13-14-15-16-17-18-19-20-21-22-23-24-25-26-27-45(47)48-43-34-41(29-28-40-30-32-42(46)33-31-40)35-44(36-43)49-50(37(2)3,38(4)5)39(6)7/h9-10,12-13,15-16,18-19,21-22,24-25,28-39,46H,8,11,14,17,20,23,26-27H2,1-7H3/b10-9?,13-12?,16-15?,19-18?,22-21?,25-24?,29-28+. The fraction of sp³-hybridized carbons (Fsp3) is 0.400. The first-order valence-corrected chi connectivity index (χ1v) is 20.6. The molecule has 1 N–H and O–H groups in total. The zero-order valence-corrected chi connectivity index (χ0v) is 32.7. The summed E-state index contributed by atoms with van der Waals surface area (Å²) in [6, 6.07) is 12.8. The number of hydrogen-bond acceptors (Lipinski definition) is 4. The van der Waals surface area contributed by atoms with Gasteiger partial charge >= 0.3 is 5.97 Å². The van der Waals surface area contributed by atoms with Gasteiger partial charge in [0.2, 0.25) is 0 Å². The van der Waals surface area contributed by atoms with Gasteiger partial charge in [-0.15, -0.1) is 0 Å². The summed E-state index contributed by atoms with van der Waals surface area (Å²) in [5.74, 6) is 1.18. The van der Waals surface area contributed by atoms with E-state index in [1.54, 1.807) is 12.1 Å². The maximum atomic E-state index is 12.9. The van der Waals surface area contributed by atoms with Crippen LogP contribution >= 0.6 is 0 Å². The van der Waals surface area contributed by atoms with Crippen LogP contribution in [0.25, 0.3) is 12.2 Å². The van der Waals surface area contributed by atoms with Crippen molar-refractivity contribution < 1.29 is 19.1 Å². The summed E-state index contributed by atoms with van der Waals surface area (Å²) >= 11 is 0. The van der Waals surface area contributed by atoms with Crippen molar-refractivity contribution >= 4 is 26.4 Å². The number of allylic oxidation sites excluding steroid dienone is 12. The number of esters is 1. The van der Waals surface area contributed by atoms with E-state index in [2.05, 4.69) is 115 Å². The highest BCUT2D eigenvalue weighted by Crippen LogP contribution is 2.43. The monoisotopic (exact) mass is 694 g/mol. The number of hydrogen-bond donors (Lipinski definition) is 1. The lowest BCUT2D eigenvalue weighted by Crippen LogP contribution is -2.50. The zero-order valence-electron chi connectivity index (χ0n) is 31.7. The van der Waals surface area contributed by atoms with Crippen LogP contribution in [0.15, 0.2) is 115 Å². The lowest BCUT2D eigenvalue weighted by molar-refractivity contribution is -0.134. The normalized spacial score (nSPS) is 13.1. The smallest absolute Gasteiger partial charge is 0.311 e. The number of carbonyl (C=O) groups excluding carboxylic acids is 1. The molecule has 270 valence electrons. The number of benzene rings is 2. The SMILES string of the molecule is CCC=CCC=CCC=CCC=CCC=CCC=CCCC(=O)Oc1cc(/C=C/c2ccc(O)cc2)cc(O[Si](C(C)C)(C(C)C)C(C)C)c1. The predicted octanol–water partition coefficient (Wildman–Crippen LogP) is 13.5. The van der Waals surface area contributed by atoms with Crippen LogP contribution in [0.5, 0.6) is 17.2 Å². The van der Waals surface area contributed by atoms with Crippen molar-refractivity contribution in [2.24, 2.45) is 0 Å². The average molecular weight is 695 g/mol. The number of phenolic OH excluding ortho intramolecular Hbond substituents is 1. The fourth-order valence-electron chi connectivity index (χ4n) is 6.17. The van der Waals surface area contributed by atoms with E-state index in [1.807, 2.05) is 48.6 Å². The molecule has 0 heterocycles. The van der Waals surface area contributed by atoms with Gasteiger partial charge in [0.1, 0.15) is 17.2 Å². The average Bonchev–Trinajstić information content (AvgIpc) is 3.07. The van der Waals surface area contributed by atoms with Crippen LogP contribution in [0.4, 0.5) is 0 Å². The summed E-state index contributed by atoms with van der Waals surface area (Å²) in [5, 5.41) is 9.64. The van der Waals surface area contributed by atoms with Crippen molar-refractivity contribution in [3.63, 3.8) is 0 Å². The molecule has 2 aromatic rings. The second kappa shape index (κ2) is 24.1. The first-order chi connectivity index (χ1) is 24.1. The van der Waals surface area contributed by atoms with Crippen LogP contribution in [0, 0.1) is 0 Å². The highest BCUT2D eigenvalue weighted by molar-refractivity contribution is 6.78. The summed E-state index contributed by atoms with van der Waals surface area (Å²) in [5.41, 5.74) is 3.07. The minimum Gasteiger partial charge on any atom is -0.543 e. The molecule has 5 heteroatoms. The Morgan fingerprint density at radius 1 is 0.620 bits per heavy atom. The van der Waals surface area contributed by atoms with Gasteiger partial charge in [-0.25, -0.2) is 0 Å². The Labute approximate surface area is 304 Å². The molecule has 50 heavy (non-hydrogen) atoms. The van der Waals surface area contributed by atoms with E-state index in [0.717, 1.165) is 55.4 Å². The van der Waals surface area contributed by atoms with Crippen molar-refractivity contribution in [1.82, 2.24) is 0 Å². The molecule has 0 aliphatic heterocycles. The number of aromatic hydroxyl groups is 1. The molecule has 0 atom stereocenters. The molecule has 0 radical (unpaired) electrons. The molecular formula is C45H62O4Si. The first kappa shape index (κ1) is 42.1. The van der Waals surface area contributed by atoms with Crippen molar-refractivity contribution in [3.05, 3.63) is 127 Å². The van der Waals surface area contributed by atoms with Crippen molar-refractivity contribution in [2.45, 2.75) is 116 Å². The molecule has 2 rings (SSSR count). The van der Waals surface area contributed by atoms with Gasteiger partial charge in [0.05, 0.1) is 0 Å². The van der Waals surface area contributed by atoms with Gasteiger partial charge in [0.15, 0.2) is 0 Å². The van der Waals surface area contributed by atoms with Gasteiger partial charge < -0.3 is 14.3 Å². The number of rotatable bonds is 22. The zero-order chi connectivity index (χ0) is 36.6. The van der Waals surface area contributed by atoms with Crippen molar-refractivity contribution in [3.8, 4) is 17.2 Å². The first-order valence-electron chi connectivity index (χ1n) is 18.5. The Balaban J connectivity index is 1.92. The second-order valence-corrected chi connectivity index (χ2v) is 18.9. The molecule has 0 bridgehead atoms. The van der Waals surface area contributed by atoms with Gasteiger partial charge in [-0.05, 0) is 97.0 Å². The summed E-state index contributed by atoms with van der Waals surface area (Å²) in [4.78, 5) is 12.9. The molecule has 0 saturated heterocycles. The predicted molar refractivity (Wildman–Crippen MR) is 218 cm³/mol. The summed E-state index contributed by atoms with van der Waals surface area (Å²) in [6.07, 6.45) is 36.8. The molecule has 2 aromatic carbocycles. The van der Waals surface area contributed by atoms with Gasteiger partial charge in [0.25, 0.3) is 8.32 Å². The summed E-state index contributed by atoms with van der Waals surface area (Å²) in [7, 11) is -2.22. The van der Waals surface area contributed by atoms with Crippen LogP contribution in [-0.4, -0.2) is 19.4 Å². The topological polar surface area (TPSA) is 55.8 Å². The minimum absolute atomic E-state index is 0.230. The highest BCUT2D eigenvalue weighted by atomic mass is 28.4. The number of carbonyl (C=O) groups is 1. The molecule has 4 nitrogen and oxygen atoms in total. The van der Waals surface area contributed by atoms with Crippen LogP contribution in [0.2, 0.25) is 16.6 Å². The fourth-order valence-corrected chi connectivity index (χ4v) is 11.4. The number of ether oxygens (including phenoxy) is 1. The maximum Gasteiger partial charge on any atom is 0.311 e. The Bertz CT molecular complexity index is 1450. The third-order valence-corrected chi connectivity index (χ3v) is 14.6. The minimum atomic E-state index is -2.22. The molecular weight excluding hydrogens is 633 g/mol. The van der Waals surface area contributed by atoms with E-state index in [-0.39, 0.29) is 11.7 Å². The quantitative estimate of drug-likeness (QED) is 0.0438. The van der Waals surface area contributed by atoms with Crippen molar-refractivity contribution in [2.75, 3.05) is 0 Å². The van der Waals surface area contributed by atoms with E-state index in [9.17, 15) is 9.90 Å². The van der Waals surface area contributed by atoms with Gasteiger partial charge in [-0.1, -0.05) is 146 Å². The van der Waals surface area contributed by atoms with E-state index in [4.69, 9.17) is 9.16 Å². The Kier molecular flexibility index (Phi) is 20.3. The Morgan fingerprint density at radius 3 is 1.54 bits per heavy atom. The molecule has 0 amide bonds. The van der Waals surface area contributed by atoms with Gasteiger partial charge in [-0.3, -0.25) is 4.79 Å². The van der Waals surface area contributed by atoms with Gasteiger partial charge in [-0.2, -0.15) is 0 Å². The lowest BCUT2D eigenvalue weighted by Gasteiger charge is -2.42. The largest absolute Gasteiger partial charge is 0.543 e. The van der Waals surface area contributed by atoms with E-state index in [1.165, 1.54) is 0 Å². The molecule has 0 saturated carbocycles. The highest BCUT2D eigenvalue weighted by Gasteiger charge is 2.47. The summed E-state index contributed by atoms with van der Waals surface area (Å²) < 4.78 is 12.8. The van der Waals surface area contributed by atoms with Crippen LogP contribution in [-0.2, 0) is 4.79 Å². The van der Waals surface area contributed by atoms with E-state index >= 15 is 0 Å². The Hall–Kier alpha value is -4.09. The molecule has 0 fully saturated rings. The van der Waals surface area contributed by atoms with Crippen molar-refractivity contribution in [1.29, 1.82) is 0 Å². The van der Waals surface area contributed by atoms with Crippen LogP contribution < -0.4 is 9.16 Å². The van der Waals surface area contributed by atoms with Crippen LogP contribution in [0.3, 0.4) is 0 Å².